The van der Waals surface area contributed by atoms with Gasteiger partial charge < -0.3 is 16.2 Å². The summed E-state index contributed by atoms with van der Waals surface area (Å²) in [4.78, 5) is 11.9. The van der Waals surface area contributed by atoms with Crippen LogP contribution in [0.15, 0.2) is 30.3 Å². The normalized spacial score (nSPS) is 24.8. The average Bonchev–Trinajstić information content (AvgIpc) is 2.81. The van der Waals surface area contributed by atoms with Crippen molar-refractivity contribution in [3.05, 3.63) is 35.9 Å². The molecule has 1 aromatic carbocycles. The molecule has 3 atom stereocenters. The molecular weight excluding hydrogens is 228 g/mol. The summed E-state index contributed by atoms with van der Waals surface area (Å²) in [7, 11) is 0. The highest BCUT2D eigenvalue weighted by atomic mass is 16.3. The smallest absolute Gasteiger partial charge is 0.241 e. The van der Waals surface area contributed by atoms with Crippen LogP contribution in [-0.4, -0.2) is 23.7 Å². The monoisotopic (exact) mass is 248 g/mol. The Labute approximate surface area is 107 Å². The van der Waals surface area contributed by atoms with Crippen LogP contribution >= 0.6 is 0 Å². The Bertz CT molecular complexity index is 394. The van der Waals surface area contributed by atoms with Gasteiger partial charge in [-0.25, -0.2) is 0 Å². The molecule has 98 valence electrons. The topological polar surface area (TPSA) is 75.4 Å². The van der Waals surface area contributed by atoms with E-state index in [-0.39, 0.29) is 17.9 Å². The van der Waals surface area contributed by atoms with Gasteiger partial charge in [-0.05, 0) is 18.4 Å². The van der Waals surface area contributed by atoms with Crippen LogP contribution in [0, 0.1) is 5.92 Å². The summed E-state index contributed by atoms with van der Waals surface area (Å²) in [5, 5.41) is 12.5. The number of benzene rings is 1. The fraction of sp³-hybridized carbons (Fsp3) is 0.500. The Kier molecular flexibility index (Phi) is 4.33. The number of hydrogen-bond acceptors (Lipinski definition) is 3. The summed E-state index contributed by atoms with van der Waals surface area (Å²) in [6.45, 7) is 0.514. The van der Waals surface area contributed by atoms with Gasteiger partial charge in [-0.2, -0.15) is 0 Å². The maximum absolute atomic E-state index is 11.9. The van der Waals surface area contributed by atoms with E-state index < -0.39 is 6.04 Å². The van der Waals surface area contributed by atoms with Crippen molar-refractivity contribution >= 4 is 5.91 Å². The Hall–Kier alpha value is -1.39. The van der Waals surface area contributed by atoms with E-state index in [1.807, 2.05) is 30.3 Å². The highest BCUT2D eigenvalue weighted by Crippen LogP contribution is 2.24. The molecule has 4 nitrogen and oxygen atoms in total. The molecule has 0 radical (unpaired) electrons. The zero-order chi connectivity index (χ0) is 13.0. The van der Waals surface area contributed by atoms with Gasteiger partial charge in [0, 0.05) is 12.5 Å². The van der Waals surface area contributed by atoms with E-state index in [1.54, 1.807) is 0 Å². The molecule has 1 aromatic rings. The lowest BCUT2D eigenvalue weighted by Gasteiger charge is -2.17. The number of aliphatic hydroxyl groups excluding tert-OH is 1. The summed E-state index contributed by atoms with van der Waals surface area (Å²) < 4.78 is 0. The van der Waals surface area contributed by atoms with Crippen molar-refractivity contribution in [3.8, 4) is 0 Å². The number of carbonyl (C=O) groups is 1. The van der Waals surface area contributed by atoms with Crippen LogP contribution < -0.4 is 11.1 Å². The molecule has 1 fully saturated rings. The molecule has 3 unspecified atom stereocenters. The van der Waals surface area contributed by atoms with Crippen molar-refractivity contribution < 1.29 is 9.90 Å². The van der Waals surface area contributed by atoms with E-state index in [2.05, 4.69) is 5.32 Å². The van der Waals surface area contributed by atoms with E-state index in [0.29, 0.717) is 6.54 Å². The predicted octanol–water partition coefficient (Wildman–Crippen LogP) is 0.964. The second-order valence-electron chi connectivity index (χ2n) is 4.89. The van der Waals surface area contributed by atoms with Crippen molar-refractivity contribution in [1.82, 2.24) is 5.32 Å². The molecule has 0 bridgehead atoms. The Morgan fingerprint density at radius 2 is 2.11 bits per heavy atom. The minimum Gasteiger partial charge on any atom is -0.393 e. The Morgan fingerprint density at radius 3 is 2.72 bits per heavy atom. The largest absolute Gasteiger partial charge is 0.393 e. The molecule has 1 saturated carbocycles. The first-order valence-corrected chi connectivity index (χ1v) is 6.45. The van der Waals surface area contributed by atoms with Gasteiger partial charge in [-0.1, -0.05) is 36.8 Å². The lowest BCUT2D eigenvalue weighted by molar-refractivity contribution is -0.122. The lowest BCUT2D eigenvalue weighted by atomic mass is 10.0. The first-order chi connectivity index (χ1) is 8.68. The molecule has 0 spiro atoms. The van der Waals surface area contributed by atoms with Crippen molar-refractivity contribution in [2.24, 2.45) is 11.7 Å². The molecule has 4 N–H and O–H groups in total. The molecule has 4 heteroatoms. The van der Waals surface area contributed by atoms with Crippen LogP contribution in [0.2, 0.25) is 0 Å². The highest BCUT2D eigenvalue weighted by Gasteiger charge is 2.26. The van der Waals surface area contributed by atoms with Crippen molar-refractivity contribution in [2.45, 2.75) is 31.4 Å². The van der Waals surface area contributed by atoms with Crippen LogP contribution in [0.3, 0.4) is 0 Å². The first kappa shape index (κ1) is 13.1. The van der Waals surface area contributed by atoms with Gasteiger partial charge in [0.05, 0.1) is 6.10 Å². The molecule has 18 heavy (non-hydrogen) atoms. The minimum atomic E-state index is -0.634. The van der Waals surface area contributed by atoms with E-state index in [1.165, 1.54) is 0 Å². The highest BCUT2D eigenvalue weighted by molar-refractivity contribution is 5.82. The molecule has 1 aliphatic rings. The zero-order valence-corrected chi connectivity index (χ0v) is 10.4. The summed E-state index contributed by atoms with van der Waals surface area (Å²) >= 11 is 0. The van der Waals surface area contributed by atoms with Gasteiger partial charge in [0.25, 0.3) is 0 Å². The summed E-state index contributed by atoms with van der Waals surface area (Å²) in [5.74, 6) is -0.00257. The molecule has 0 aromatic heterocycles. The van der Waals surface area contributed by atoms with Gasteiger partial charge in [-0.15, -0.1) is 0 Å². The van der Waals surface area contributed by atoms with Crippen LogP contribution in [0.5, 0.6) is 0 Å². The van der Waals surface area contributed by atoms with Crippen LogP contribution in [0.25, 0.3) is 0 Å². The third kappa shape index (κ3) is 3.09. The van der Waals surface area contributed by atoms with Crippen molar-refractivity contribution in [3.63, 3.8) is 0 Å². The molecule has 2 rings (SSSR count). The van der Waals surface area contributed by atoms with Gasteiger partial charge >= 0.3 is 0 Å². The summed E-state index contributed by atoms with van der Waals surface area (Å²) in [5.41, 5.74) is 6.69. The number of aliphatic hydroxyl groups is 1. The Balaban J connectivity index is 1.84. The zero-order valence-electron chi connectivity index (χ0n) is 10.4. The van der Waals surface area contributed by atoms with E-state index in [9.17, 15) is 9.90 Å². The average molecular weight is 248 g/mol. The number of nitrogens with one attached hydrogen (secondary N) is 1. The lowest BCUT2D eigenvalue weighted by Crippen LogP contribution is -2.38. The predicted molar refractivity (Wildman–Crippen MR) is 69.7 cm³/mol. The molecular formula is C14H20N2O2. The van der Waals surface area contributed by atoms with E-state index >= 15 is 0 Å². The maximum atomic E-state index is 11.9. The minimum absolute atomic E-state index is 0.178. The van der Waals surface area contributed by atoms with Gasteiger partial charge in [0.15, 0.2) is 0 Å². The standard InChI is InChI=1S/C14H20N2O2/c15-13(10-5-2-1-3-6-10)14(18)16-9-11-7-4-8-12(11)17/h1-3,5-6,11-13,17H,4,7-9,15H2,(H,16,18). The van der Waals surface area contributed by atoms with Crippen LogP contribution in [0.4, 0.5) is 0 Å². The quantitative estimate of drug-likeness (QED) is 0.743. The molecule has 0 heterocycles. The third-order valence-corrected chi connectivity index (χ3v) is 3.60. The number of carbonyl (C=O) groups excluding carboxylic acids is 1. The number of nitrogens with two attached hydrogens (primary N) is 1. The number of hydrogen-bond donors (Lipinski definition) is 3. The van der Waals surface area contributed by atoms with Gasteiger partial charge in [0.2, 0.25) is 5.91 Å². The Morgan fingerprint density at radius 1 is 1.39 bits per heavy atom. The number of rotatable bonds is 4. The molecule has 1 aliphatic carbocycles. The van der Waals surface area contributed by atoms with E-state index in [4.69, 9.17) is 5.73 Å². The molecule has 0 aliphatic heterocycles. The van der Waals surface area contributed by atoms with E-state index in [0.717, 1.165) is 24.8 Å². The molecule has 0 saturated heterocycles. The summed E-state index contributed by atoms with van der Waals surface area (Å²) in [6.07, 6.45) is 2.57. The van der Waals surface area contributed by atoms with Crippen LogP contribution in [-0.2, 0) is 4.79 Å². The van der Waals surface area contributed by atoms with Gasteiger partial charge in [0.1, 0.15) is 6.04 Å². The van der Waals surface area contributed by atoms with Crippen molar-refractivity contribution in [2.75, 3.05) is 6.54 Å². The second kappa shape index (κ2) is 5.98. The van der Waals surface area contributed by atoms with Gasteiger partial charge in [-0.3, -0.25) is 4.79 Å². The maximum Gasteiger partial charge on any atom is 0.241 e. The second-order valence-corrected chi connectivity index (χ2v) is 4.89. The SMILES string of the molecule is NC(C(=O)NCC1CCCC1O)c1ccccc1. The molecule has 1 amide bonds. The fourth-order valence-electron chi connectivity index (χ4n) is 2.41. The van der Waals surface area contributed by atoms with Crippen molar-refractivity contribution in [1.29, 1.82) is 0 Å². The third-order valence-electron chi connectivity index (χ3n) is 3.60. The fourth-order valence-corrected chi connectivity index (χ4v) is 2.41. The number of amides is 1. The first-order valence-electron chi connectivity index (χ1n) is 6.45. The summed E-state index contributed by atoms with van der Waals surface area (Å²) in [6, 6.07) is 8.67. The van der Waals surface area contributed by atoms with Crippen LogP contribution in [0.1, 0.15) is 30.9 Å².